The number of carbonyl (C=O) groups excluding carboxylic acids is 1. The number of nitrogens with zero attached hydrogens (tertiary/aromatic N) is 3. The van der Waals surface area contributed by atoms with Gasteiger partial charge in [0.2, 0.25) is 0 Å². The second kappa shape index (κ2) is 7.72. The minimum Gasteiger partial charge on any atom is -0.267 e. The van der Waals surface area contributed by atoms with Crippen LogP contribution in [-0.2, 0) is 0 Å². The molecule has 1 heterocycles. The molecule has 0 saturated heterocycles. The summed E-state index contributed by atoms with van der Waals surface area (Å²) in [5, 5.41) is 8.75. The van der Waals surface area contributed by atoms with E-state index in [1.165, 1.54) is 24.4 Å². The lowest BCUT2D eigenvalue weighted by atomic mass is 10.1. The van der Waals surface area contributed by atoms with Gasteiger partial charge in [0.1, 0.15) is 11.0 Å². The van der Waals surface area contributed by atoms with Gasteiger partial charge in [0, 0.05) is 0 Å². The van der Waals surface area contributed by atoms with E-state index in [1.54, 1.807) is 17.7 Å². The predicted molar refractivity (Wildman–Crippen MR) is 104 cm³/mol. The summed E-state index contributed by atoms with van der Waals surface area (Å²) < 4.78 is 15.3. The molecule has 0 radical (unpaired) electrons. The maximum atomic E-state index is 13.6. The van der Waals surface area contributed by atoms with Gasteiger partial charge in [0.15, 0.2) is 0 Å². The predicted octanol–water partition coefficient (Wildman–Crippen LogP) is 4.35. The normalized spacial score (nSPS) is 11.1. The number of amides is 1. The van der Waals surface area contributed by atoms with Crippen LogP contribution in [0.1, 0.15) is 32.7 Å². The van der Waals surface area contributed by atoms with Gasteiger partial charge in [0.05, 0.1) is 28.7 Å². The molecule has 0 bridgehead atoms. The minimum atomic E-state index is -0.639. The van der Waals surface area contributed by atoms with Gasteiger partial charge in [-0.3, -0.25) is 4.79 Å². The first kappa shape index (κ1) is 18.8. The van der Waals surface area contributed by atoms with E-state index in [0.29, 0.717) is 16.4 Å². The average molecular weight is 385 g/mol. The van der Waals surface area contributed by atoms with Crippen molar-refractivity contribution in [2.45, 2.75) is 20.8 Å². The molecule has 0 aliphatic heterocycles. The molecule has 1 amide bonds. The lowest BCUT2D eigenvalue weighted by Crippen LogP contribution is -2.19. The monoisotopic (exact) mass is 384 g/mol. The van der Waals surface area contributed by atoms with Crippen molar-refractivity contribution in [3.8, 4) is 5.69 Å². The van der Waals surface area contributed by atoms with Crippen molar-refractivity contribution in [2.75, 3.05) is 0 Å². The SMILES string of the molecule is Cc1ccc(C)c(-n2nc(C)c(/C=N\NC(=O)c3ccccc3F)c2Cl)c1. The van der Waals surface area contributed by atoms with E-state index in [4.69, 9.17) is 11.6 Å². The summed E-state index contributed by atoms with van der Waals surface area (Å²) in [6.45, 7) is 5.77. The number of rotatable bonds is 4. The molecule has 27 heavy (non-hydrogen) atoms. The van der Waals surface area contributed by atoms with Crippen LogP contribution in [-0.4, -0.2) is 21.9 Å². The van der Waals surface area contributed by atoms with E-state index in [0.717, 1.165) is 16.8 Å². The van der Waals surface area contributed by atoms with E-state index < -0.39 is 11.7 Å². The van der Waals surface area contributed by atoms with Crippen molar-refractivity contribution in [1.29, 1.82) is 0 Å². The van der Waals surface area contributed by atoms with Crippen molar-refractivity contribution in [3.63, 3.8) is 0 Å². The van der Waals surface area contributed by atoms with Crippen LogP contribution in [0.5, 0.6) is 0 Å². The molecular weight excluding hydrogens is 367 g/mol. The molecule has 0 aliphatic carbocycles. The lowest BCUT2D eigenvalue weighted by Gasteiger charge is -2.08. The first-order valence-electron chi connectivity index (χ1n) is 8.29. The van der Waals surface area contributed by atoms with Crippen LogP contribution in [0.3, 0.4) is 0 Å². The topological polar surface area (TPSA) is 59.3 Å². The zero-order valence-electron chi connectivity index (χ0n) is 15.1. The Labute approximate surface area is 161 Å². The summed E-state index contributed by atoms with van der Waals surface area (Å²) >= 11 is 6.48. The molecule has 0 fully saturated rings. The molecule has 1 N–H and O–H groups in total. The Hall–Kier alpha value is -2.99. The molecular formula is C20H18ClFN4O. The molecule has 5 nitrogen and oxygen atoms in total. The lowest BCUT2D eigenvalue weighted by molar-refractivity contribution is 0.0951. The molecule has 0 unspecified atom stereocenters. The Morgan fingerprint density at radius 2 is 1.96 bits per heavy atom. The molecule has 0 aliphatic rings. The third-order valence-corrected chi connectivity index (χ3v) is 4.48. The van der Waals surface area contributed by atoms with Crippen molar-refractivity contribution in [2.24, 2.45) is 5.10 Å². The van der Waals surface area contributed by atoms with E-state index in [-0.39, 0.29) is 5.56 Å². The number of nitrogens with one attached hydrogen (secondary N) is 1. The summed E-state index contributed by atoms with van der Waals surface area (Å²) in [5.41, 5.74) is 6.45. The van der Waals surface area contributed by atoms with Crippen LogP contribution >= 0.6 is 11.6 Å². The summed E-state index contributed by atoms with van der Waals surface area (Å²) in [5.74, 6) is -1.25. The highest BCUT2D eigenvalue weighted by molar-refractivity contribution is 6.32. The highest BCUT2D eigenvalue weighted by Crippen LogP contribution is 2.24. The summed E-state index contributed by atoms with van der Waals surface area (Å²) in [7, 11) is 0. The molecule has 0 atom stereocenters. The van der Waals surface area contributed by atoms with Gasteiger partial charge in [-0.1, -0.05) is 35.9 Å². The highest BCUT2D eigenvalue weighted by atomic mass is 35.5. The number of hydrogen-bond donors (Lipinski definition) is 1. The van der Waals surface area contributed by atoms with E-state index in [9.17, 15) is 9.18 Å². The van der Waals surface area contributed by atoms with E-state index in [2.05, 4.69) is 15.6 Å². The van der Waals surface area contributed by atoms with Crippen molar-refractivity contribution < 1.29 is 9.18 Å². The Balaban J connectivity index is 1.85. The van der Waals surface area contributed by atoms with Crippen molar-refractivity contribution in [3.05, 3.63) is 81.4 Å². The Morgan fingerprint density at radius 3 is 2.70 bits per heavy atom. The largest absolute Gasteiger partial charge is 0.274 e. The molecule has 138 valence electrons. The fourth-order valence-corrected chi connectivity index (χ4v) is 2.94. The first-order chi connectivity index (χ1) is 12.9. The van der Waals surface area contributed by atoms with Gasteiger partial charge < -0.3 is 0 Å². The molecule has 2 aromatic carbocycles. The third kappa shape index (κ3) is 3.90. The van der Waals surface area contributed by atoms with Crippen LogP contribution in [0.25, 0.3) is 5.69 Å². The number of carbonyl (C=O) groups is 1. The van der Waals surface area contributed by atoms with Gasteiger partial charge in [-0.05, 0) is 50.1 Å². The Morgan fingerprint density at radius 1 is 1.22 bits per heavy atom. The third-order valence-electron chi connectivity index (χ3n) is 4.12. The maximum absolute atomic E-state index is 13.6. The quantitative estimate of drug-likeness (QED) is 0.537. The maximum Gasteiger partial charge on any atom is 0.274 e. The summed E-state index contributed by atoms with van der Waals surface area (Å²) in [6, 6.07) is 11.7. The van der Waals surface area contributed by atoms with Gasteiger partial charge in [-0.2, -0.15) is 10.2 Å². The standard InChI is InChI=1S/C20H18ClFN4O/c1-12-8-9-13(2)18(10-12)26-19(21)16(14(3)25-26)11-23-24-20(27)15-6-4-5-7-17(15)22/h4-11H,1-3H3,(H,24,27)/b23-11-. The minimum absolute atomic E-state index is 0.0800. The van der Waals surface area contributed by atoms with Crippen molar-refractivity contribution in [1.82, 2.24) is 15.2 Å². The average Bonchev–Trinajstić information content (AvgIpc) is 2.92. The smallest absolute Gasteiger partial charge is 0.267 e. The molecule has 3 rings (SSSR count). The number of aromatic nitrogens is 2. The van der Waals surface area contributed by atoms with Crippen LogP contribution in [0.4, 0.5) is 4.39 Å². The number of benzene rings is 2. The number of aryl methyl sites for hydroxylation is 3. The fourth-order valence-electron chi connectivity index (χ4n) is 2.63. The number of hydrogen-bond acceptors (Lipinski definition) is 3. The molecule has 3 aromatic rings. The van der Waals surface area contributed by atoms with Gasteiger partial charge in [0.25, 0.3) is 5.91 Å². The zero-order chi connectivity index (χ0) is 19.6. The van der Waals surface area contributed by atoms with Crippen LogP contribution in [0.2, 0.25) is 5.15 Å². The van der Waals surface area contributed by atoms with Crippen LogP contribution in [0.15, 0.2) is 47.6 Å². The second-order valence-corrected chi connectivity index (χ2v) is 6.53. The first-order valence-corrected chi connectivity index (χ1v) is 8.67. The van der Waals surface area contributed by atoms with Gasteiger partial charge in [-0.15, -0.1) is 0 Å². The fraction of sp³-hybridized carbons (Fsp3) is 0.150. The molecule has 0 saturated carbocycles. The van der Waals surface area contributed by atoms with Crippen LogP contribution < -0.4 is 5.43 Å². The Kier molecular flexibility index (Phi) is 5.37. The van der Waals surface area contributed by atoms with Crippen LogP contribution in [0, 0.1) is 26.6 Å². The van der Waals surface area contributed by atoms with Gasteiger partial charge >= 0.3 is 0 Å². The van der Waals surface area contributed by atoms with Gasteiger partial charge in [-0.25, -0.2) is 14.5 Å². The van der Waals surface area contributed by atoms with E-state index in [1.807, 2.05) is 32.0 Å². The van der Waals surface area contributed by atoms with Crippen molar-refractivity contribution >= 4 is 23.7 Å². The number of hydrazone groups is 1. The number of halogens is 2. The molecule has 1 aromatic heterocycles. The Bertz CT molecular complexity index is 1040. The highest BCUT2D eigenvalue weighted by Gasteiger charge is 2.15. The second-order valence-electron chi connectivity index (χ2n) is 6.17. The molecule has 7 heteroatoms. The van der Waals surface area contributed by atoms with E-state index >= 15 is 0 Å². The summed E-state index contributed by atoms with van der Waals surface area (Å²) in [4.78, 5) is 12.0. The molecule has 0 spiro atoms. The zero-order valence-corrected chi connectivity index (χ0v) is 15.9. The summed E-state index contributed by atoms with van der Waals surface area (Å²) in [6.07, 6.45) is 1.41.